The molecule has 9 heteroatoms. The van der Waals surface area contributed by atoms with Gasteiger partial charge >= 0.3 is 5.97 Å². The lowest BCUT2D eigenvalue weighted by atomic mass is 10.1. The molecule has 0 fully saturated rings. The Kier molecular flexibility index (Phi) is 4.36. The van der Waals surface area contributed by atoms with E-state index in [-0.39, 0.29) is 22.5 Å². The summed E-state index contributed by atoms with van der Waals surface area (Å²) in [5.74, 6) is -3.52. The summed E-state index contributed by atoms with van der Waals surface area (Å²) in [5, 5.41) is 2.00. The third-order valence-electron chi connectivity index (χ3n) is 3.66. The molecule has 0 atom stereocenters. The van der Waals surface area contributed by atoms with Crippen molar-refractivity contribution >= 4 is 29.6 Å². The van der Waals surface area contributed by atoms with Crippen molar-refractivity contribution in [1.82, 2.24) is 10.2 Å². The second-order valence-electron chi connectivity index (χ2n) is 5.36. The number of furan rings is 1. The fraction of sp³-hybridized carbons (Fsp3) is 0.118. The van der Waals surface area contributed by atoms with Crippen molar-refractivity contribution in [3.05, 3.63) is 59.0 Å². The molecule has 3 rings (SSSR count). The number of hydrogen-bond acceptors (Lipinski definition) is 7. The lowest BCUT2D eigenvalue weighted by Crippen LogP contribution is -2.34. The van der Waals surface area contributed by atoms with E-state index in [1.807, 2.05) is 5.32 Å². The summed E-state index contributed by atoms with van der Waals surface area (Å²) in [6, 6.07) is 6.74. The summed E-state index contributed by atoms with van der Waals surface area (Å²) in [7, 11) is 1.34. The summed E-state index contributed by atoms with van der Waals surface area (Å²) in [5.41, 5.74) is 0.283. The normalized spacial score (nSPS) is 12.7. The molecule has 26 heavy (non-hydrogen) atoms. The summed E-state index contributed by atoms with van der Waals surface area (Å²) >= 11 is 0. The van der Waals surface area contributed by atoms with E-state index in [1.54, 1.807) is 0 Å². The predicted octanol–water partition coefficient (Wildman–Crippen LogP) is 0.619. The number of nitrogens with zero attached hydrogens (tertiary/aromatic N) is 1. The molecule has 0 unspecified atom stereocenters. The molecule has 1 aliphatic rings. The zero-order chi connectivity index (χ0) is 18.8. The summed E-state index contributed by atoms with van der Waals surface area (Å²) in [4.78, 5) is 59.9. The molecular weight excluding hydrogens is 344 g/mol. The number of rotatable bonds is 4. The third-order valence-corrected chi connectivity index (χ3v) is 3.66. The van der Waals surface area contributed by atoms with Gasteiger partial charge in [-0.2, -0.15) is 0 Å². The van der Waals surface area contributed by atoms with E-state index >= 15 is 0 Å². The van der Waals surface area contributed by atoms with E-state index in [0.717, 1.165) is 4.90 Å². The second kappa shape index (κ2) is 6.63. The van der Waals surface area contributed by atoms with Gasteiger partial charge in [0.2, 0.25) is 0 Å². The number of carbonyl (C=O) groups excluding carboxylic acids is 5. The number of ether oxygens (including phenoxy) is 1. The van der Waals surface area contributed by atoms with Gasteiger partial charge in [0.1, 0.15) is 0 Å². The van der Waals surface area contributed by atoms with Crippen LogP contribution in [0.15, 0.2) is 41.0 Å². The van der Waals surface area contributed by atoms with Gasteiger partial charge in [-0.3, -0.25) is 29.4 Å². The van der Waals surface area contributed by atoms with Crippen LogP contribution in [-0.4, -0.2) is 48.2 Å². The predicted molar refractivity (Wildman–Crippen MR) is 84.3 cm³/mol. The second-order valence-corrected chi connectivity index (χ2v) is 5.36. The molecule has 9 nitrogen and oxygen atoms in total. The zero-order valence-corrected chi connectivity index (χ0v) is 13.5. The van der Waals surface area contributed by atoms with E-state index in [1.165, 1.54) is 43.6 Å². The molecule has 0 radical (unpaired) electrons. The number of imide groups is 2. The Morgan fingerprint density at radius 1 is 1.12 bits per heavy atom. The molecule has 1 aromatic heterocycles. The summed E-state index contributed by atoms with van der Waals surface area (Å²) in [6.45, 7) is -0.699. The number of esters is 1. The van der Waals surface area contributed by atoms with Crippen LogP contribution < -0.4 is 5.32 Å². The minimum Gasteiger partial charge on any atom is -0.459 e. The molecule has 1 aromatic carbocycles. The fourth-order valence-corrected chi connectivity index (χ4v) is 2.33. The molecular formula is C17H12N2O7. The Bertz CT molecular complexity index is 931. The van der Waals surface area contributed by atoms with Gasteiger partial charge in [-0.15, -0.1) is 0 Å². The lowest BCUT2D eigenvalue weighted by Gasteiger charge is -2.05. The van der Waals surface area contributed by atoms with Crippen molar-refractivity contribution in [2.24, 2.45) is 0 Å². The Labute approximate surface area is 146 Å². The number of fused-ring (bicyclic) bond motifs is 1. The quantitative estimate of drug-likeness (QED) is 0.629. The average Bonchev–Trinajstić information content (AvgIpc) is 3.24. The van der Waals surface area contributed by atoms with Gasteiger partial charge in [0.25, 0.3) is 23.6 Å². The highest BCUT2D eigenvalue weighted by atomic mass is 16.5. The number of benzene rings is 1. The van der Waals surface area contributed by atoms with Crippen molar-refractivity contribution in [2.75, 3.05) is 13.7 Å². The van der Waals surface area contributed by atoms with Crippen molar-refractivity contribution in [3.63, 3.8) is 0 Å². The van der Waals surface area contributed by atoms with Crippen LogP contribution in [0.25, 0.3) is 0 Å². The van der Waals surface area contributed by atoms with Crippen molar-refractivity contribution in [3.8, 4) is 0 Å². The molecule has 0 aliphatic carbocycles. The van der Waals surface area contributed by atoms with E-state index < -0.39 is 36.2 Å². The fourth-order valence-electron chi connectivity index (χ4n) is 2.33. The van der Waals surface area contributed by atoms with Crippen molar-refractivity contribution < 1.29 is 33.1 Å². The minimum atomic E-state index is -0.872. The maximum atomic E-state index is 12.0. The van der Waals surface area contributed by atoms with Crippen molar-refractivity contribution in [2.45, 2.75) is 0 Å². The molecule has 2 aromatic rings. The first-order valence-electron chi connectivity index (χ1n) is 7.39. The Morgan fingerprint density at radius 2 is 1.85 bits per heavy atom. The van der Waals surface area contributed by atoms with Gasteiger partial charge in [0.15, 0.2) is 12.4 Å². The van der Waals surface area contributed by atoms with Gasteiger partial charge in [0.05, 0.1) is 23.0 Å². The number of hydrogen-bond donors (Lipinski definition) is 1. The highest BCUT2D eigenvalue weighted by Gasteiger charge is 2.33. The van der Waals surface area contributed by atoms with Crippen LogP contribution in [0.5, 0.6) is 0 Å². The van der Waals surface area contributed by atoms with Crippen LogP contribution in [0.2, 0.25) is 0 Å². The highest BCUT2D eigenvalue weighted by molar-refractivity contribution is 6.21. The summed E-state index contributed by atoms with van der Waals surface area (Å²) in [6.07, 6.45) is 1.27. The van der Waals surface area contributed by atoms with Crippen LogP contribution >= 0.6 is 0 Å². The number of amides is 4. The monoisotopic (exact) mass is 356 g/mol. The molecule has 4 amide bonds. The number of nitrogens with one attached hydrogen (secondary N) is 1. The molecule has 2 heterocycles. The van der Waals surface area contributed by atoms with Crippen molar-refractivity contribution in [1.29, 1.82) is 0 Å². The largest absolute Gasteiger partial charge is 0.459 e. The van der Waals surface area contributed by atoms with Crippen LogP contribution in [0.3, 0.4) is 0 Å². The van der Waals surface area contributed by atoms with Gasteiger partial charge in [-0.25, -0.2) is 4.79 Å². The average molecular weight is 356 g/mol. The van der Waals surface area contributed by atoms with Crippen LogP contribution in [-0.2, 0) is 9.53 Å². The Hall–Kier alpha value is -3.75. The van der Waals surface area contributed by atoms with Crippen LogP contribution in [0.4, 0.5) is 0 Å². The molecule has 0 bridgehead atoms. The standard InChI is InChI=1S/C17H12N2O7/c1-19-15(22)10-5-4-9(7-11(10)16(19)23)17(24)26-8-13(20)18-14(21)12-3-2-6-25-12/h2-7H,8H2,1H3,(H,18,20,21). The van der Waals surface area contributed by atoms with E-state index in [4.69, 9.17) is 9.15 Å². The van der Waals surface area contributed by atoms with Gasteiger partial charge in [-0.1, -0.05) is 0 Å². The van der Waals surface area contributed by atoms with E-state index in [9.17, 15) is 24.0 Å². The van der Waals surface area contributed by atoms with Crippen LogP contribution in [0.1, 0.15) is 41.6 Å². The SMILES string of the molecule is CN1C(=O)c2ccc(C(=O)OCC(=O)NC(=O)c3ccco3)cc2C1=O. The molecule has 132 valence electrons. The maximum absolute atomic E-state index is 12.0. The highest BCUT2D eigenvalue weighted by Crippen LogP contribution is 2.23. The topological polar surface area (TPSA) is 123 Å². The van der Waals surface area contributed by atoms with E-state index in [0.29, 0.717) is 0 Å². The Morgan fingerprint density at radius 3 is 2.54 bits per heavy atom. The smallest absolute Gasteiger partial charge is 0.338 e. The maximum Gasteiger partial charge on any atom is 0.338 e. The minimum absolute atomic E-state index is 0.00496. The van der Waals surface area contributed by atoms with Crippen LogP contribution in [0, 0.1) is 0 Å². The lowest BCUT2D eigenvalue weighted by molar-refractivity contribution is -0.123. The summed E-state index contributed by atoms with van der Waals surface area (Å²) < 4.78 is 9.64. The zero-order valence-electron chi connectivity index (χ0n) is 13.5. The molecule has 1 aliphatic heterocycles. The first-order valence-corrected chi connectivity index (χ1v) is 7.39. The molecule has 0 saturated carbocycles. The third kappa shape index (κ3) is 3.09. The Balaban J connectivity index is 1.61. The molecule has 0 saturated heterocycles. The number of carbonyl (C=O) groups is 5. The van der Waals surface area contributed by atoms with Gasteiger partial charge in [-0.05, 0) is 30.3 Å². The van der Waals surface area contributed by atoms with Gasteiger partial charge < -0.3 is 9.15 Å². The van der Waals surface area contributed by atoms with E-state index in [2.05, 4.69) is 0 Å². The molecule has 0 spiro atoms. The van der Waals surface area contributed by atoms with Gasteiger partial charge in [0, 0.05) is 7.05 Å². The molecule has 1 N–H and O–H groups in total. The first-order chi connectivity index (χ1) is 12.4. The first kappa shape index (κ1) is 17.1.